The maximum absolute atomic E-state index is 3.41. The molecule has 0 heteroatoms. The summed E-state index contributed by atoms with van der Waals surface area (Å²) in [4.78, 5) is 0. The van der Waals surface area contributed by atoms with E-state index in [9.17, 15) is 0 Å². The van der Waals surface area contributed by atoms with E-state index in [0.717, 1.165) is 12.8 Å². The van der Waals surface area contributed by atoms with Crippen LogP contribution < -0.4 is 0 Å². The Bertz CT molecular complexity index is 593. The molecule has 0 aliphatic carbocycles. The van der Waals surface area contributed by atoms with Crippen LogP contribution in [0, 0.1) is 6.07 Å². The Hall–Kier alpha value is -2.34. The zero-order valence-electron chi connectivity index (χ0n) is 11.4. The van der Waals surface area contributed by atoms with E-state index in [-0.39, 0.29) is 0 Å². The maximum atomic E-state index is 3.41. The van der Waals surface area contributed by atoms with Crippen molar-refractivity contribution < 1.29 is 0 Å². The summed E-state index contributed by atoms with van der Waals surface area (Å²) < 4.78 is 0. The molecule has 0 heterocycles. The van der Waals surface area contributed by atoms with Gasteiger partial charge in [-0.3, -0.25) is 0 Å². The molecule has 97 valence electrons. The first-order valence-electron chi connectivity index (χ1n) is 6.98. The topological polar surface area (TPSA) is 0 Å². The molecular formula is C20H17. The SMILES string of the molecule is [c]1cccc(Cc2ccccc2)c1Cc1ccccc1. The van der Waals surface area contributed by atoms with Crippen LogP contribution in [-0.4, -0.2) is 0 Å². The predicted molar refractivity (Wildman–Crippen MR) is 83.8 cm³/mol. The van der Waals surface area contributed by atoms with E-state index >= 15 is 0 Å². The molecule has 0 aromatic heterocycles. The molecule has 1 radical (unpaired) electrons. The summed E-state index contributed by atoms with van der Waals surface area (Å²) in [5.41, 5.74) is 5.34. The van der Waals surface area contributed by atoms with E-state index in [0.29, 0.717) is 0 Å². The molecule has 0 saturated carbocycles. The molecule has 3 rings (SSSR count). The van der Waals surface area contributed by atoms with Gasteiger partial charge in [-0.25, -0.2) is 0 Å². The molecule has 0 unspecified atom stereocenters. The Labute approximate surface area is 120 Å². The van der Waals surface area contributed by atoms with Crippen molar-refractivity contribution >= 4 is 0 Å². The van der Waals surface area contributed by atoms with Crippen LogP contribution in [0.1, 0.15) is 22.3 Å². The summed E-state index contributed by atoms with van der Waals surface area (Å²) in [5, 5.41) is 0. The van der Waals surface area contributed by atoms with Gasteiger partial charge in [-0.15, -0.1) is 0 Å². The largest absolute Gasteiger partial charge is 0.0622 e. The van der Waals surface area contributed by atoms with Gasteiger partial charge in [0.25, 0.3) is 0 Å². The van der Waals surface area contributed by atoms with Crippen LogP contribution in [0.3, 0.4) is 0 Å². The van der Waals surface area contributed by atoms with E-state index in [4.69, 9.17) is 0 Å². The lowest BCUT2D eigenvalue weighted by Gasteiger charge is -2.09. The van der Waals surface area contributed by atoms with Crippen molar-refractivity contribution in [1.82, 2.24) is 0 Å². The van der Waals surface area contributed by atoms with Crippen molar-refractivity contribution in [3.63, 3.8) is 0 Å². The van der Waals surface area contributed by atoms with Crippen LogP contribution in [-0.2, 0) is 12.8 Å². The third-order valence-corrected chi connectivity index (χ3v) is 3.50. The van der Waals surface area contributed by atoms with E-state index in [1.54, 1.807) is 0 Å². The minimum absolute atomic E-state index is 0.948. The maximum Gasteiger partial charge on any atom is -0.00168 e. The quantitative estimate of drug-likeness (QED) is 0.637. The van der Waals surface area contributed by atoms with Gasteiger partial charge < -0.3 is 0 Å². The second-order valence-electron chi connectivity index (χ2n) is 5.00. The summed E-state index contributed by atoms with van der Waals surface area (Å²) in [6, 6.07) is 30.9. The van der Waals surface area contributed by atoms with Crippen LogP contribution in [0.4, 0.5) is 0 Å². The standard InChI is InChI=1S/C20H17/c1-3-9-17(10-4-1)15-19-13-7-8-14-20(19)16-18-11-5-2-6-12-18/h1-13H,15-16H2. The molecule has 0 amide bonds. The first-order valence-corrected chi connectivity index (χ1v) is 6.98. The van der Waals surface area contributed by atoms with Crippen molar-refractivity contribution in [3.05, 3.63) is 107 Å². The Kier molecular flexibility index (Phi) is 3.93. The third-order valence-electron chi connectivity index (χ3n) is 3.50. The van der Waals surface area contributed by atoms with Gasteiger partial charge in [-0.2, -0.15) is 0 Å². The van der Waals surface area contributed by atoms with Crippen LogP contribution in [0.25, 0.3) is 0 Å². The zero-order chi connectivity index (χ0) is 13.6. The summed E-state index contributed by atoms with van der Waals surface area (Å²) in [6.45, 7) is 0. The normalized spacial score (nSPS) is 10.4. The van der Waals surface area contributed by atoms with Crippen LogP contribution in [0.5, 0.6) is 0 Å². The number of hydrogen-bond donors (Lipinski definition) is 0. The van der Waals surface area contributed by atoms with Crippen molar-refractivity contribution in [3.8, 4) is 0 Å². The molecule has 0 fully saturated rings. The molecule has 0 spiro atoms. The van der Waals surface area contributed by atoms with Crippen molar-refractivity contribution in [2.75, 3.05) is 0 Å². The van der Waals surface area contributed by atoms with E-state index in [2.05, 4.69) is 78.9 Å². The highest BCUT2D eigenvalue weighted by Crippen LogP contribution is 2.17. The minimum Gasteiger partial charge on any atom is -0.0622 e. The molecular weight excluding hydrogens is 240 g/mol. The van der Waals surface area contributed by atoms with Gasteiger partial charge >= 0.3 is 0 Å². The predicted octanol–water partition coefficient (Wildman–Crippen LogP) is 4.67. The molecule has 0 aliphatic heterocycles. The molecule has 3 aromatic carbocycles. The summed E-state index contributed by atoms with van der Waals surface area (Å²) in [7, 11) is 0. The van der Waals surface area contributed by atoms with Crippen molar-refractivity contribution in [2.45, 2.75) is 12.8 Å². The van der Waals surface area contributed by atoms with Gasteiger partial charge in [0.1, 0.15) is 0 Å². The second kappa shape index (κ2) is 6.21. The fourth-order valence-corrected chi connectivity index (χ4v) is 2.45. The lowest BCUT2D eigenvalue weighted by atomic mass is 9.95. The van der Waals surface area contributed by atoms with Gasteiger partial charge in [0.15, 0.2) is 0 Å². The molecule has 0 bridgehead atoms. The van der Waals surface area contributed by atoms with Crippen molar-refractivity contribution in [1.29, 1.82) is 0 Å². The Morgan fingerprint density at radius 2 is 1.20 bits per heavy atom. The fourth-order valence-electron chi connectivity index (χ4n) is 2.45. The van der Waals surface area contributed by atoms with Gasteiger partial charge in [0, 0.05) is 0 Å². The van der Waals surface area contributed by atoms with Crippen LogP contribution >= 0.6 is 0 Å². The zero-order valence-corrected chi connectivity index (χ0v) is 11.4. The summed E-state index contributed by atoms with van der Waals surface area (Å²) in [5.74, 6) is 0. The lowest BCUT2D eigenvalue weighted by Crippen LogP contribution is -1.97. The molecule has 3 aromatic rings. The highest BCUT2D eigenvalue weighted by atomic mass is 14.1. The lowest BCUT2D eigenvalue weighted by molar-refractivity contribution is 1.09. The monoisotopic (exact) mass is 257 g/mol. The minimum atomic E-state index is 0.948. The number of rotatable bonds is 4. The molecule has 0 saturated heterocycles. The smallest absolute Gasteiger partial charge is 0.00168 e. The molecule has 0 N–H and O–H groups in total. The first kappa shape index (κ1) is 12.7. The highest BCUT2D eigenvalue weighted by molar-refractivity contribution is 5.35. The average molecular weight is 257 g/mol. The summed E-state index contributed by atoms with van der Waals surface area (Å²) in [6.07, 6.45) is 1.92. The van der Waals surface area contributed by atoms with E-state index < -0.39 is 0 Å². The number of benzene rings is 3. The summed E-state index contributed by atoms with van der Waals surface area (Å²) >= 11 is 0. The van der Waals surface area contributed by atoms with Crippen LogP contribution in [0.15, 0.2) is 78.9 Å². The van der Waals surface area contributed by atoms with Crippen molar-refractivity contribution in [2.24, 2.45) is 0 Å². The fraction of sp³-hybridized carbons (Fsp3) is 0.100. The van der Waals surface area contributed by atoms with Gasteiger partial charge in [0.05, 0.1) is 0 Å². The average Bonchev–Trinajstić information content (AvgIpc) is 2.51. The Morgan fingerprint density at radius 1 is 0.600 bits per heavy atom. The Balaban J connectivity index is 1.85. The third kappa shape index (κ3) is 3.16. The second-order valence-corrected chi connectivity index (χ2v) is 5.00. The molecule has 0 atom stereocenters. The van der Waals surface area contributed by atoms with Gasteiger partial charge in [-0.05, 0) is 41.2 Å². The van der Waals surface area contributed by atoms with Crippen LogP contribution in [0.2, 0.25) is 0 Å². The Morgan fingerprint density at radius 3 is 1.85 bits per heavy atom. The highest BCUT2D eigenvalue weighted by Gasteiger charge is 2.04. The van der Waals surface area contributed by atoms with Gasteiger partial charge in [0.2, 0.25) is 0 Å². The molecule has 0 nitrogen and oxygen atoms in total. The molecule has 0 aliphatic rings. The first-order chi connectivity index (χ1) is 9.92. The van der Waals surface area contributed by atoms with E-state index in [1.807, 2.05) is 6.07 Å². The van der Waals surface area contributed by atoms with E-state index in [1.165, 1.54) is 22.3 Å². The van der Waals surface area contributed by atoms with Gasteiger partial charge in [-0.1, -0.05) is 78.9 Å². The molecule has 20 heavy (non-hydrogen) atoms. The number of hydrogen-bond acceptors (Lipinski definition) is 0.